The molecule has 0 aliphatic carbocycles. The van der Waals surface area contributed by atoms with Crippen molar-refractivity contribution in [2.24, 2.45) is 0 Å². The Morgan fingerprint density at radius 2 is 2.00 bits per heavy atom. The summed E-state index contributed by atoms with van der Waals surface area (Å²) in [5.41, 5.74) is 0. The maximum atomic E-state index is 9.04. The van der Waals surface area contributed by atoms with E-state index in [1.807, 2.05) is 0 Å². The van der Waals surface area contributed by atoms with Gasteiger partial charge < -0.3 is 5.11 Å². The van der Waals surface area contributed by atoms with Crippen LogP contribution >= 0.6 is 11.8 Å². The first kappa shape index (κ1) is 10.4. The van der Waals surface area contributed by atoms with Gasteiger partial charge in [0.15, 0.2) is 0 Å². The Morgan fingerprint density at radius 3 is 2.36 bits per heavy atom. The van der Waals surface area contributed by atoms with Crippen molar-refractivity contribution in [3.63, 3.8) is 0 Å². The van der Waals surface area contributed by atoms with Crippen LogP contribution < -0.4 is 0 Å². The highest BCUT2D eigenvalue weighted by Crippen LogP contribution is 2.28. The fourth-order valence-electron chi connectivity index (χ4n) is 0.551. The van der Waals surface area contributed by atoms with Gasteiger partial charge >= 0.3 is 0 Å². The quantitative estimate of drug-likeness (QED) is 0.487. The first-order chi connectivity index (χ1) is 5.22. The van der Waals surface area contributed by atoms with Crippen molar-refractivity contribution in [2.75, 3.05) is 5.75 Å². The number of aliphatic hydroxyl groups excluding tert-OH is 1. The van der Waals surface area contributed by atoms with Crippen LogP contribution in [0.3, 0.4) is 0 Å². The standard InChI is InChI=1S/C9H13OS/c1-4-6-9(8(3)10)11-7-5-2/h4-5,10H,1-3,6-7H2. The smallest absolute Gasteiger partial charge is 0.103 e. The number of thioether (sulfide) groups is 1. The van der Waals surface area contributed by atoms with Gasteiger partial charge in [0, 0.05) is 5.75 Å². The minimum atomic E-state index is 0.136. The van der Waals surface area contributed by atoms with Gasteiger partial charge in [-0.2, -0.15) is 0 Å². The van der Waals surface area contributed by atoms with Crippen LogP contribution in [-0.2, 0) is 0 Å². The van der Waals surface area contributed by atoms with Crippen molar-refractivity contribution < 1.29 is 5.11 Å². The number of aliphatic hydroxyl groups is 1. The highest BCUT2D eigenvalue weighted by atomic mass is 32.2. The molecule has 0 fully saturated rings. The number of rotatable bonds is 6. The molecule has 0 amide bonds. The lowest BCUT2D eigenvalue weighted by Gasteiger charge is -2.09. The summed E-state index contributed by atoms with van der Waals surface area (Å²) >= 11 is 1.53. The van der Waals surface area contributed by atoms with Crippen LogP contribution in [0.4, 0.5) is 0 Å². The van der Waals surface area contributed by atoms with Crippen molar-refractivity contribution in [1.82, 2.24) is 0 Å². The zero-order chi connectivity index (χ0) is 8.69. The zero-order valence-corrected chi connectivity index (χ0v) is 7.36. The molecule has 61 valence electrons. The second-order valence-electron chi connectivity index (χ2n) is 1.96. The lowest BCUT2D eigenvalue weighted by Crippen LogP contribution is -1.94. The molecule has 2 heteroatoms. The monoisotopic (exact) mass is 169 g/mol. The molecule has 1 nitrogen and oxygen atoms in total. The predicted molar refractivity (Wildman–Crippen MR) is 52.5 cm³/mol. The Labute approximate surface area is 72.5 Å². The third kappa shape index (κ3) is 4.73. The summed E-state index contributed by atoms with van der Waals surface area (Å²) in [4.78, 5) is 0. The van der Waals surface area contributed by atoms with Gasteiger partial charge in [0.05, 0.1) is 5.25 Å². The molecule has 0 spiro atoms. The maximum Gasteiger partial charge on any atom is 0.103 e. The summed E-state index contributed by atoms with van der Waals surface area (Å²) in [7, 11) is 0. The van der Waals surface area contributed by atoms with Crippen LogP contribution in [0, 0.1) is 5.25 Å². The number of allylic oxidation sites excluding steroid dienone is 1. The molecule has 1 radical (unpaired) electrons. The largest absolute Gasteiger partial charge is 0.511 e. The van der Waals surface area contributed by atoms with Crippen molar-refractivity contribution in [2.45, 2.75) is 6.42 Å². The molecule has 1 N–H and O–H groups in total. The van der Waals surface area contributed by atoms with Gasteiger partial charge in [0.25, 0.3) is 0 Å². The highest BCUT2D eigenvalue weighted by molar-refractivity contribution is 8.02. The Bertz CT molecular complexity index is 152. The van der Waals surface area contributed by atoms with E-state index < -0.39 is 0 Å². The molecule has 0 saturated carbocycles. The first-order valence-corrected chi connectivity index (χ1v) is 4.29. The molecule has 0 atom stereocenters. The molecule has 0 unspecified atom stereocenters. The molecule has 0 aromatic rings. The van der Waals surface area contributed by atoms with Crippen LogP contribution in [0.25, 0.3) is 0 Å². The van der Waals surface area contributed by atoms with Gasteiger partial charge in [0.2, 0.25) is 0 Å². The van der Waals surface area contributed by atoms with Crippen molar-refractivity contribution >= 4 is 11.8 Å². The molecule has 0 saturated heterocycles. The van der Waals surface area contributed by atoms with Crippen LogP contribution in [0.5, 0.6) is 0 Å². The molecule has 0 rings (SSSR count). The average molecular weight is 169 g/mol. The lowest BCUT2D eigenvalue weighted by atomic mass is 10.3. The van der Waals surface area contributed by atoms with Gasteiger partial charge in [-0.15, -0.1) is 24.9 Å². The van der Waals surface area contributed by atoms with E-state index in [-0.39, 0.29) is 5.76 Å². The molecule has 0 bridgehead atoms. The minimum absolute atomic E-state index is 0.136. The third-order valence-corrected chi connectivity index (χ3v) is 2.18. The van der Waals surface area contributed by atoms with E-state index >= 15 is 0 Å². The summed E-state index contributed by atoms with van der Waals surface area (Å²) in [6.45, 7) is 10.6. The Morgan fingerprint density at radius 1 is 1.36 bits per heavy atom. The SMILES string of the molecule is C=CCS[C](CC=C)C(=C)O. The van der Waals surface area contributed by atoms with Gasteiger partial charge in [-0.05, 0) is 6.42 Å². The second-order valence-corrected chi connectivity index (χ2v) is 3.08. The van der Waals surface area contributed by atoms with Gasteiger partial charge in [-0.1, -0.05) is 18.7 Å². The minimum Gasteiger partial charge on any atom is -0.511 e. The second kappa shape index (κ2) is 6.10. The molecule has 11 heavy (non-hydrogen) atoms. The Balaban J connectivity index is 3.77. The zero-order valence-electron chi connectivity index (χ0n) is 6.55. The Kier molecular flexibility index (Phi) is 5.75. The number of hydrogen-bond donors (Lipinski definition) is 1. The van der Waals surface area contributed by atoms with Crippen LogP contribution in [0.15, 0.2) is 37.6 Å². The molecular weight excluding hydrogens is 156 g/mol. The fourth-order valence-corrected chi connectivity index (χ4v) is 1.27. The summed E-state index contributed by atoms with van der Waals surface area (Å²) < 4.78 is 0. The van der Waals surface area contributed by atoms with E-state index in [9.17, 15) is 0 Å². The molecule has 0 aliphatic heterocycles. The summed E-state index contributed by atoms with van der Waals surface area (Å²) in [6.07, 6.45) is 4.21. The lowest BCUT2D eigenvalue weighted by molar-refractivity contribution is 0.418. The summed E-state index contributed by atoms with van der Waals surface area (Å²) in [6, 6.07) is 0. The third-order valence-electron chi connectivity index (χ3n) is 1.03. The van der Waals surface area contributed by atoms with Crippen LogP contribution in [-0.4, -0.2) is 10.9 Å². The van der Waals surface area contributed by atoms with Crippen molar-refractivity contribution in [1.29, 1.82) is 0 Å². The van der Waals surface area contributed by atoms with Crippen molar-refractivity contribution in [3.8, 4) is 0 Å². The fraction of sp³-hybridized carbons (Fsp3) is 0.222. The van der Waals surface area contributed by atoms with Gasteiger partial charge in [-0.3, -0.25) is 0 Å². The highest BCUT2D eigenvalue weighted by Gasteiger charge is 2.09. The van der Waals surface area contributed by atoms with E-state index in [1.165, 1.54) is 11.8 Å². The number of hydrogen-bond acceptors (Lipinski definition) is 2. The predicted octanol–water partition coefficient (Wildman–Crippen LogP) is 3.09. The van der Waals surface area contributed by atoms with Gasteiger partial charge in [0.1, 0.15) is 5.76 Å². The van der Waals surface area contributed by atoms with E-state index in [1.54, 1.807) is 12.2 Å². The molecule has 0 aromatic heterocycles. The van der Waals surface area contributed by atoms with Gasteiger partial charge in [-0.25, -0.2) is 0 Å². The average Bonchev–Trinajstić information content (AvgIpc) is 1.97. The van der Waals surface area contributed by atoms with Crippen LogP contribution in [0.2, 0.25) is 0 Å². The van der Waals surface area contributed by atoms with E-state index in [0.717, 1.165) is 11.0 Å². The van der Waals surface area contributed by atoms with Crippen LogP contribution in [0.1, 0.15) is 6.42 Å². The molecule has 0 aromatic carbocycles. The van der Waals surface area contributed by atoms with E-state index in [4.69, 9.17) is 5.11 Å². The molecular formula is C9H13OS. The van der Waals surface area contributed by atoms with E-state index in [2.05, 4.69) is 19.7 Å². The summed E-state index contributed by atoms with van der Waals surface area (Å²) in [5, 5.41) is 9.90. The maximum absolute atomic E-state index is 9.04. The topological polar surface area (TPSA) is 20.2 Å². The summed E-state index contributed by atoms with van der Waals surface area (Å²) in [5.74, 6) is 0.930. The van der Waals surface area contributed by atoms with Crippen molar-refractivity contribution in [3.05, 3.63) is 42.9 Å². The molecule has 0 aliphatic rings. The normalized spacial score (nSPS) is 9.55. The van der Waals surface area contributed by atoms with E-state index in [0.29, 0.717) is 6.42 Å². The Hall–Kier alpha value is -0.630. The molecule has 0 heterocycles. The first-order valence-electron chi connectivity index (χ1n) is 3.31.